The number of nitrogens with one attached hydrogen (secondary N) is 1. The van der Waals surface area contributed by atoms with Crippen molar-refractivity contribution in [2.45, 2.75) is 90.3 Å². The zero-order chi connectivity index (χ0) is 35.0. The molecule has 1 aromatic carbocycles. The van der Waals surface area contributed by atoms with Crippen LogP contribution in [0.5, 0.6) is 11.6 Å². The first kappa shape index (κ1) is 35.3. The highest BCUT2D eigenvalue weighted by Crippen LogP contribution is 2.36. The third-order valence-corrected chi connectivity index (χ3v) is 9.23. The standard InChI is InChI=1S/C36H48N10O4/c1-24(20-47-5)21-48-35-33(19-46(43-35)32-10-8-31(9-11-32)44-16-25(2)49-26(3)17-44)42-36-39-14-30(15-40-36)28-6-7-29(13-37)34(12-28)50-27(4)18-45-23-38-22-41-45/h6-7,12,14-15,19,22-27,31-32H,8-11,16-18,20-21H2,1-5H3,(H,39,40,42)/t24?,25-,26+,27?,31?,32?. The van der Waals surface area contributed by atoms with Crippen LogP contribution >= 0.6 is 0 Å². The number of anilines is 2. The Bertz CT molecular complexity index is 1690. The van der Waals surface area contributed by atoms with E-state index in [1.54, 1.807) is 36.6 Å². The average molecular weight is 685 g/mol. The van der Waals surface area contributed by atoms with Gasteiger partial charge in [0.05, 0.1) is 49.8 Å². The first-order valence-electron chi connectivity index (χ1n) is 17.5. The molecule has 2 aliphatic rings. The van der Waals surface area contributed by atoms with Gasteiger partial charge in [0.1, 0.15) is 36.3 Å². The second kappa shape index (κ2) is 16.4. The third-order valence-electron chi connectivity index (χ3n) is 9.23. The fourth-order valence-electron chi connectivity index (χ4n) is 6.91. The molecule has 0 bridgehead atoms. The third kappa shape index (κ3) is 8.95. The predicted molar refractivity (Wildman–Crippen MR) is 187 cm³/mol. The fraction of sp³-hybridized carbons (Fsp3) is 0.556. The van der Waals surface area contributed by atoms with Crippen LogP contribution in [-0.4, -0.2) is 97.2 Å². The van der Waals surface area contributed by atoms with E-state index in [2.05, 4.69) is 61.8 Å². The number of hydrogen-bond donors (Lipinski definition) is 1. The van der Waals surface area contributed by atoms with Crippen LogP contribution in [0.4, 0.5) is 11.6 Å². The summed E-state index contributed by atoms with van der Waals surface area (Å²) in [6, 6.07) is 8.53. The Hall–Kier alpha value is -4.58. The molecule has 4 atom stereocenters. The minimum absolute atomic E-state index is 0.203. The van der Waals surface area contributed by atoms with E-state index >= 15 is 0 Å². The lowest BCUT2D eigenvalue weighted by Gasteiger charge is -2.42. The van der Waals surface area contributed by atoms with Crippen LogP contribution in [0.25, 0.3) is 11.1 Å². The fourth-order valence-corrected chi connectivity index (χ4v) is 6.91. The maximum Gasteiger partial charge on any atom is 0.256 e. The summed E-state index contributed by atoms with van der Waals surface area (Å²) < 4.78 is 27.4. The smallest absolute Gasteiger partial charge is 0.256 e. The average Bonchev–Trinajstić information content (AvgIpc) is 3.77. The van der Waals surface area contributed by atoms with Gasteiger partial charge in [0, 0.05) is 50.1 Å². The SMILES string of the molecule is COCC(C)COc1nn(C2CCC(N3C[C@@H](C)O[C@@H](C)C3)CC2)cc1Nc1ncc(-c2ccc(C#N)c(OC(C)Cn3cncn3)c2)cn1. The topological polar surface area (TPSA) is 150 Å². The van der Waals surface area contributed by atoms with Gasteiger partial charge in [0.15, 0.2) is 0 Å². The van der Waals surface area contributed by atoms with Crippen molar-refractivity contribution in [2.75, 3.05) is 38.7 Å². The molecule has 14 heteroatoms. The van der Waals surface area contributed by atoms with Crippen molar-refractivity contribution >= 4 is 11.6 Å². The van der Waals surface area contributed by atoms with E-state index in [1.807, 2.05) is 25.3 Å². The van der Waals surface area contributed by atoms with Crippen molar-refractivity contribution in [1.82, 2.24) is 39.4 Å². The molecule has 50 heavy (non-hydrogen) atoms. The lowest BCUT2D eigenvalue weighted by atomic mass is 9.89. The highest BCUT2D eigenvalue weighted by Gasteiger charge is 2.32. The number of ether oxygens (including phenoxy) is 4. The number of aromatic nitrogens is 7. The molecule has 1 saturated carbocycles. The lowest BCUT2D eigenvalue weighted by Crippen LogP contribution is -2.51. The lowest BCUT2D eigenvalue weighted by molar-refractivity contribution is -0.0852. The molecule has 2 unspecified atom stereocenters. The highest BCUT2D eigenvalue weighted by atomic mass is 16.5. The molecular weight excluding hydrogens is 636 g/mol. The van der Waals surface area contributed by atoms with Crippen molar-refractivity contribution in [3.8, 4) is 28.8 Å². The van der Waals surface area contributed by atoms with Gasteiger partial charge in [-0.1, -0.05) is 13.0 Å². The van der Waals surface area contributed by atoms with Crippen LogP contribution in [0.1, 0.15) is 65.0 Å². The summed E-state index contributed by atoms with van der Waals surface area (Å²) >= 11 is 0. The molecule has 4 heterocycles. The van der Waals surface area contributed by atoms with Gasteiger partial charge in [0.2, 0.25) is 5.95 Å². The molecule has 266 valence electrons. The predicted octanol–water partition coefficient (Wildman–Crippen LogP) is 5.27. The molecule has 0 radical (unpaired) electrons. The molecule has 1 aliphatic heterocycles. The normalized spacial score (nSPS) is 22.4. The van der Waals surface area contributed by atoms with Gasteiger partial charge in [-0.15, -0.1) is 5.10 Å². The number of nitrogens with zero attached hydrogens (tertiary/aromatic N) is 9. The summed E-state index contributed by atoms with van der Waals surface area (Å²) in [6.07, 6.45) is 13.3. The van der Waals surface area contributed by atoms with Gasteiger partial charge in [-0.25, -0.2) is 19.6 Å². The monoisotopic (exact) mass is 684 g/mol. The van der Waals surface area contributed by atoms with Crippen molar-refractivity contribution in [3.63, 3.8) is 0 Å². The number of methoxy groups -OCH3 is 1. The van der Waals surface area contributed by atoms with Crippen LogP contribution in [-0.2, 0) is 16.0 Å². The Labute approximate surface area is 293 Å². The Morgan fingerprint density at radius 1 is 1.02 bits per heavy atom. The quantitative estimate of drug-likeness (QED) is 0.184. The number of rotatable bonds is 14. The number of hydrogen-bond acceptors (Lipinski definition) is 12. The first-order chi connectivity index (χ1) is 24.3. The zero-order valence-electron chi connectivity index (χ0n) is 29.6. The summed E-state index contributed by atoms with van der Waals surface area (Å²) in [5, 5.41) is 22.1. The van der Waals surface area contributed by atoms with Crippen LogP contribution < -0.4 is 14.8 Å². The van der Waals surface area contributed by atoms with E-state index in [4.69, 9.17) is 24.0 Å². The second-order valence-corrected chi connectivity index (χ2v) is 13.7. The molecule has 2 fully saturated rings. The molecule has 14 nitrogen and oxygen atoms in total. The van der Waals surface area contributed by atoms with Crippen LogP contribution in [0, 0.1) is 17.2 Å². The molecule has 0 spiro atoms. The highest BCUT2D eigenvalue weighted by molar-refractivity contribution is 5.67. The van der Waals surface area contributed by atoms with Gasteiger partial charge in [0.25, 0.3) is 5.88 Å². The molecule has 6 rings (SSSR count). The Morgan fingerprint density at radius 3 is 2.44 bits per heavy atom. The first-order valence-corrected chi connectivity index (χ1v) is 17.5. The second-order valence-electron chi connectivity index (χ2n) is 13.7. The van der Waals surface area contributed by atoms with Crippen molar-refractivity contribution < 1.29 is 18.9 Å². The largest absolute Gasteiger partial charge is 0.487 e. The minimum atomic E-state index is -0.232. The Balaban J connectivity index is 1.14. The van der Waals surface area contributed by atoms with Crippen molar-refractivity contribution in [3.05, 3.63) is 55.0 Å². The van der Waals surface area contributed by atoms with E-state index in [9.17, 15) is 5.26 Å². The Kier molecular flexibility index (Phi) is 11.6. The minimum Gasteiger partial charge on any atom is -0.487 e. The molecule has 4 aromatic rings. The molecule has 0 amide bonds. The zero-order valence-corrected chi connectivity index (χ0v) is 29.6. The van der Waals surface area contributed by atoms with Crippen molar-refractivity contribution in [1.29, 1.82) is 5.26 Å². The summed E-state index contributed by atoms with van der Waals surface area (Å²) in [5.74, 6) is 1.63. The van der Waals surface area contributed by atoms with Crippen molar-refractivity contribution in [2.24, 2.45) is 5.92 Å². The summed E-state index contributed by atoms with van der Waals surface area (Å²) in [6.45, 7) is 11.9. The van der Waals surface area contributed by atoms with Crippen LogP contribution in [0.15, 0.2) is 49.4 Å². The van der Waals surface area contributed by atoms with E-state index in [0.717, 1.165) is 55.6 Å². The van der Waals surface area contributed by atoms with E-state index in [0.29, 0.717) is 48.9 Å². The molecule has 1 N–H and O–H groups in total. The van der Waals surface area contributed by atoms with E-state index < -0.39 is 0 Å². The van der Waals surface area contributed by atoms with Gasteiger partial charge in [-0.05, 0) is 64.2 Å². The molecule has 1 saturated heterocycles. The number of benzene rings is 1. The molecule has 1 aliphatic carbocycles. The van der Waals surface area contributed by atoms with Crippen LogP contribution in [0.2, 0.25) is 0 Å². The summed E-state index contributed by atoms with van der Waals surface area (Å²) in [5.41, 5.74) is 2.78. The molecule has 3 aromatic heterocycles. The molecular formula is C36H48N10O4. The van der Waals surface area contributed by atoms with Gasteiger partial charge in [-0.3, -0.25) is 9.58 Å². The summed E-state index contributed by atoms with van der Waals surface area (Å²) in [7, 11) is 1.70. The Morgan fingerprint density at radius 2 is 1.76 bits per heavy atom. The van der Waals surface area contributed by atoms with E-state index in [1.165, 1.54) is 6.33 Å². The summed E-state index contributed by atoms with van der Waals surface area (Å²) in [4.78, 5) is 15.8. The van der Waals surface area contributed by atoms with Gasteiger partial charge >= 0.3 is 0 Å². The maximum atomic E-state index is 9.69. The van der Waals surface area contributed by atoms with Gasteiger partial charge < -0.3 is 24.3 Å². The number of nitriles is 1. The maximum absolute atomic E-state index is 9.69. The number of morpholine rings is 1. The van der Waals surface area contributed by atoms with Gasteiger partial charge in [-0.2, -0.15) is 10.4 Å². The van der Waals surface area contributed by atoms with Crippen LogP contribution in [0.3, 0.4) is 0 Å². The van der Waals surface area contributed by atoms with E-state index in [-0.39, 0.29) is 30.3 Å².